The molecule has 2 aromatic rings. The molecule has 5 nitrogen and oxygen atoms in total. The van der Waals surface area contributed by atoms with Crippen LogP contribution >= 0.6 is 11.3 Å². The van der Waals surface area contributed by atoms with Crippen molar-refractivity contribution in [2.75, 3.05) is 13.6 Å². The number of amides is 1. The standard InChI is InChI=1S/C13H15N3O2S/c1-9(12-15-3-4-19-12)8-16(2)13(18)10-5-11(17)7-14-6-10/h3-7,9,17H,8H2,1-2H3/t9-/m1/s1. The van der Waals surface area contributed by atoms with Crippen molar-refractivity contribution < 1.29 is 9.90 Å². The molecule has 0 radical (unpaired) electrons. The molecule has 1 atom stereocenters. The Hall–Kier alpha value is -1.95. The van der Waals surface area contributed by atoms with Gasteiger partial charge in [-0.2, -0.15) is 0 Å². The number of rotatable bonds is 4. The summed E-state index contributed by atoms with van der Waals surface area (Å²) in [5.74, 6) is 0.0123. The van der Waals surface area contributed by atoms with Gasteiger partial charge in [0.15, 0.2) is 0 Å². The monoisotopic (exact) mass is 277 g/mol. The maximum absolute atomic E-state index is 12.2. The lowest BCUT2D eigenvalue weighted by molar-refractivity contribution is 0.0787. The van der Waals surface area contributed by atoms with Gasteiger partial charge in [-0.15, -0.1) is 11.3 Å². The maximum atomic E-state index is 12.2. The molecule has 19 heavy (non-hydrogen) atoms. The van der Waals surface area contributed by atoms with Crippen LogP contribution in [0, 0.1) is 0 Å². The second-order valence-electron chi connectivity index (χ2n) is 4.39. The molecule has 2 rings (SSSR count). The highest BCUT2D eigenvalue weighted by Gasteiger charge is 2.17. The van der Waals surface area contributed by atoms with E-state index in [-0.39, 0.29) is 17.6 Å². The van der Waals surface area contributed by atoms with Gasteiger partial charge in [0.25, 0.3) is 5.91 Å². The van der Waals surface area contributed by atoms with Gasteiger partial charge in [-0.25, -0.2) is 4.98 Å². The second-order valence-corrected chi connectivity index (χ2v) is 5.32. The molecular weight excluding hydrogens is 262 g/mol. The summed E-state index contributed by atoms with van der Waals surface area (Å²) in [5, 5.41) is 12.3. The average Bonchev–Trinajstić information content (AvgIpc) is 2.91. The summed E-state index contributed by atoms with van der Waals surface area (Å²) in [4.78, 5) is 21.8. The van der Waals surface area contributed by atoms with Crippen molar-refractivity contribution in [1.82, 2.24) is 14.9 Å². The fourth-order valence-corrected chi connectivity index (χ4v) is 2.50. The molecule has 0 saturated heterocycles. The molecule has 0 aliphatic rings. The minimum absolute atomic E-state index is 0.00720. The number of carbonyl (C=O) groups is 1. The van der Waals surface area contributed by atoms with Crippen LogP contribution in [0.4, 0.5) is 0 Å². The largest absolute Gasteiger partial charge is 0.506 e. The second kappa shape index (κ2) is 5.79. The van der Waals surface area contributed by atoms with Crippen molar-refractivity contribution in [2.45, 2.75) is 12.8 Å². The minimum Gasteiger partial charge on any atom is -0.506 e. The number of nitrogens with zero attached hydrogens (tertiary/aromatic N) is 3. The molecule has 0 aliphatic carbocycles. The number of carbonyl (C=O) groups excluding carboxylic acids is 1. The lowest BCUT2D eigenvalue weighted by Gasteiger charge is -2.20. The van der Waals surface area contributed by atoms with E-state index >= 15 is 0 Å². The molecule has 0 unspecified atom stereocenters. The summed E-state index contributed by atoms with van der Waals surface area (Å²) in [6.07, 6.45) is 4.51. The Morgan fingerprint density at radius 2 is 2.32 bits per heavy atom. The van der Waals surface area contributed by atoms with Crippen molar-refractivity contribution in [1.29, 1.82) is 0 Å². The number of hydrogen-bond donors (Lipinski definition) is 1. The van der Waals surface area contributed by atoms with Crippen molar-refractivity contribution in [3.05, 3.63) is 40.6 Å². The van der Waals surface area contributed by atoms with Crippen LogP contribution < -0.4 is 0 Å². The van der Waals surface area contributed by atoms with Gasteiger partial charge in [-0.1, -0.05) is 6.92 Å². The van der Waals surface area contributed by atoms with Crippen LogP contribution in [0.3, 0.4) is 0 Å². The van der Waals surface area contributed by atoms with Gasteiger partial charge in [0.05, 0.1) is 16.8 Å². The van der Waals surface area contributed by atoms with Crippen LogP contribution in [-0.4, -0.2) is 39.5 Å². The number of pyridine rings is 1. The van der Waals surface area contributed by atoms with Gasteiger partial charge in [0.1, 0.15) is 5.75 Å². The summed E-state index contributed by atoms with van der Waals surface area (Å²) in [7, 11) is 1.73. The highest BCUT2D eigenvalue weighted by Crippen LogP contribution is 2.19. The van der Waals surface area contributed by atoms with E-state index in [1.165, 1.54) is 18.5 Å². The Morgan fingerprint density at radius 1 is 1.53 bits per heavy atom. The van der Waals surface area contributed by atoms with Crippen molar-refractivity contribution in [2.24, 2.45) is 0 Å². The minimum atomic E-state index is -0.160. The summed E-state index contributed by atoms with van der Waals surface area (Å²) in [6.45, 7) is 2.60. The Balaban J connectivity index is 2.03. The van der Waals surface area contributed by atoms with Crippen LogP contribution in [0.2, 0.25) is 0 Å². The first-order chi connectivity index (χ1) is 9.08. The molecule has 1 N–H and O–H groups in total. The van der Waals surface area contributed by atoms with E-state index in [2.05, 4.69) is 9.97 Å². The first-order valence-corrected chi connectivity index (χ1v) is 6.74. The predicted octanol–water partition coefficient (Wildman–Crippen LogP) is 2.12. The van der Waals surface area contributed by atoms with Gasteiger partial charge < -0.3 is 10.0 Å². The van der Waals surface area contributed by atoms with Gasteiger partial charge in [-0.05, 0) is 6.07 Å². The number of aromatic hydroxyl groups is 1. The number of hydrogen-bond acceptors (Lipinski definition) is 5. The first kappa shape index (κ1) is 13.5. The van der Waals surface area contributed by atoms with Gasteiger partial charge in [0, 0.05) is 37.3 Å². The molecule has 100 valence electrons. The van der Waals surface area contributed by atoms with Crippen molar-refractivity contribution in [3.63, 3.8) is 0 Å². The van der Waals surface area contributed by atoms with Crippen LogP contribution in [0.25, 0.3) is 0 Å². The zero-order chi connectivity index (χ0) is 13.8. The van der Waals surface area contributed by atoms with E-state index < -0.39 is 0 Å². The van der Waals surface area contributed by atoms with E-state index in [1.807, 2.05) is 12.3 Å². The summed E-state index contributed by atoms with van der Waals surface area (Å²) in [6, 6.07) is 1.42. The average molecular weight is 277 g/mol. The number of likely N-dealkylation sites (N-methyl/N-ethyl adjacent to an activating group) is 1. The molecule has 0 aromatic carbocycles. The lowest BCUT2D eigenvalue weighted by Crippen LogP contribution is -2.30. The summed E-state index contributed by atoms with van der Waals surface area (Å²) >= 11 is 1.58. The third-order valence-electron chi connectivity index (χ3n) is 2.74. The molecule has 6 heteroatoms. The molecule has 0 saturated carbocycles. The zero-order valence-corrected chi connectivity index (χ0v) is 11.6. The first-order valence-electron chi connectivity index (χ1n) is 5.87. The SMILES string of the molecule is C[C@H](CN(C)C(=O)c1cncc(O)c1)c1nccs1. The third-order valence-corrected chi connectivity index (χ3v) is 3.75. The number of thiazole rings is 1. The number of aromatic nitrogens is 2. The Kier molecular flexibility index (Phi) is 4.11. The Bertz CT molecular complexity index is 557. The Morgan fingerprint density at radius 3 is 2.95 bits per heavy atom. The predicted molar refractivity (Wildman–Crippen MR) is 73.4 cm³/mol. The quantitative estimate of drug-likeness (QED) is 0.929. The highest BCUT2D eigenvalue weighted by molar-refractivity contribution is 7.09. The van der Waals surface area contributed by atoms with E-state index in [9.17, 15) is 9.90 Å². The van der Waals surface area contributed by atoms with Crippen LogP contribution in [0.5, 0.6) is 5.75 Å². The van der Waals surface area contributed by atoms with Gasteiger partial charge in [-0.3, -0.25) is 9.78 Å². The van der Waals surface area contributed by atoms with Crippen LogP contribution in [0.15, 0.2) is 30.0 Å². The maximum Gasteiger partial charge on any atom is 0.255 e. The molecule has 1 amide bonds. The molecule has 0 spiro atoms. The summed E-state index contributed by atoms with van der Waals surface area (Å²) in [5.41, 5.74) is 0.383. The molecule has 0 bridgehead atoms. The van der Waals surface area contributed by atoms with Crippen LogP contribution in [0.1, 0.15) is 28.2 Å². The van der Waals surface area contributed by atoms with E-state index in [0.717, 1.165) is 5.01 Å². The van der Waals surface area contributed by atoms with Crippen molar-refractivity contribution >= 4 is 17.2 Å². The van der Waals surface area contributed by atoms with Gasteiger partial charge >= 0.3 is 0 Å². The molecule has 2 aromatic heterocycles. The van der Waals surface area contributed by atoms with Gasteiger partial charge in [0.2, 0.25) is 0 Å². The smallest absolute Gasteiger partial charge is 0.255 e. The fourth-order valence-electron chi connectivity index (χ4n) is 1.81. The molecule has 0 aliphatic heterocycles. The molecule has 0 fully saturated rings. The molecular formula is C13H15N3O2S. The lowest BCUT2D eigenvalue weighted by atomic mass is 10.1. The van der Waals surface area contributed by atoms with E-state index in [4.69, 9.17) is 0 Å². The zero-order valence-electron chi connectivity index (χ0n) is 10.8. The summed E-state index contributed by atoms with van der Waals surface area (Å²) < 4.78 is 0. The van der Waals surface area contributed by atoms with Crippen LogP contribution in [-0.2, 0) is 0 Å². The third kappa shape index (κ3) is 3.29. The normalized spacial score (nSPS) is 12.1. The topological polar surface area (TPSA) is 66.3 Å². The Labute approximate surface area is 115 Å². The van der Waals surface area contributed by atoms with E-state index in [1.54, 1.807) is 29.5 Å². The molecule has 2 heterocycles. The highest BCUT2D eigenvalue weighted by atomic mass is 32.1. The van der Waals surface area contributed by atoms with Crippen molar-refractivity contribution in [3.8, 4) is 5.75 Å². The fraction of sp³-hybridized carbons (Fsp3) is 0.308. The van der Waals surface area contributed by atoms with E-state index in [0.29, 0.717) is 12.1 Å².